The van der Waals surface area contributed by atoms with Crippen LogP contribution < -0.4 is 9.47 Å². The highest BCUT2D eigenvalue weighted by Gasteiger charge is 2.27. The summed E-state index contributed by atoms with van der Waals surface area (Å²) in [6, 6.07) is 13.2. The fraction of sp³-hybridized carbons (Fsp3) is 0.419. The van der Waals surface area contributed by atoms with E-state index >= 15 is 0 Å². The molecule has 0 amide bonds. The Bertz CT molecular complexity index is 1250. The summed E-state index contributed by atoms with van der Waals surface area (Å²) in [5.74, 6) is 0.864. The molecule has 1 unspecified atom stereocenters. The van der Waals surface area contributed by atoms with Crippen molar-refractivity contribution < 1.29 is 19.4 Å². The highest BCUT2D eigenvalue weighted by Crippen LogP contribution is 2.38. The molecular weight excluding hydrogens is 450 g/mol. The number of benzene rings is 2. The van der Waals surface area contributed by atoms with Crippen molar-refractivity contribution in [2.45, 2.75) is 77.7 Å². The third-order valence-corrected chi connectivity index (χ3v) is 7.61. The number of ether oxygens (including phenoxy) is 2. The van der Waals surface area contributed by atoms with Crippen molar-refractivity contribution >= 4 is 5.97 Å². The Labute approximate surface area is 213 Å². The summed E-state index contributed by atoms with van der Waals surface area (Å²) in [5, 5.41) is 9.10. The lowest BCUT2D eigenvalue weighted by Gasteiger charge is -2.24. The molecule has 1 aliphatic heterocycles. The third-order valence-electron chi connectivity index (χ3n) is 7.61. The molecule has 36 heavy (non-hydrogen) atoms. The highest BCUT2D eigenvalue weighted by atomic mass is 16.5. The predicted octanol–water partition coefficient (Wildman–Crippen LogP) is 7.25. The zero-order valence-electron chi connectivity index (χ0n) is 21.5. The van der Waals surface area contributed by atoms with Crippen LogP contribution in [0.15, 0.2) is 42.6 Å². The fourth-order valence-electron chi connectivity index (χ4n) is 5.97. The molecule has 0 radical (unpaired) electrons. The Kier molecular flexibility index (Phi) is 6.99. The largest absolute Gasteiger partial charge is 0.492 e. The number of carboxylic acid groups (broad SMARTS) is 1. The van der Waals surface area contributed by atoms with Gasteiger partial charge in [0.1, 0.15) is 12.4 Å². The van der Waals surface area contributed by atoms with E-state index in [-0.39, 0.29) is 12.3 Å². The number of hydrogen-bond acceptors (Lipinski definition) is 4. The molecule has 0 bridgehead atoms. The van der Waals surface area contributed by atoms with Crippen molar-refractivity contribution in [3.8, 4) is 22.8 Å². The van der Waals surface area contributed by atoms with Gasteiger partial charge in [0.15, 0.2) is 0 Å². The molecule has 2 heterocycles. The number of aliphatic carboxylic acids is 1. The predicted molar refractivity (Wildman–Crippen MR) is 141 cm³/mol. The number of carbonyl (C=O) groups is 1. The molecule has 5 rings (SSSR count). The van der Waals surface area contributed by atoms with Gasteiger partial charge in [-0.1, -0.05) is 49.1 Å². The maximum atomic E-state index is 11.1. The average Bonchev–Trinajstić information content (AvgIpc) is 3.24. The normalized spacial score (nSPS) is 17.5. The number of aromatic nitrogens is 1. The first kappa shape index (κ1) is 24.4. The molecule has 2 aliphatic rings. The molecule has 5 heteroatoms. The van der Waals surface area contributed by atoms with Gasteiger partial charge in [-0.2, -0.15) is 0 Å². The second-order valence-electron chi connectivity index (χ2n) is 10.5. The molecular formula is C31H35NO4. The molecule has 2 aromatic carbocycles. The molecule has 1 atom stereocenters. The lowest BCUT2D eigenvalue weighted by Crippen LogP contribution is -2.07. The van der Waals surface area contributed by atoms with E-state index in [0.717, 1.165) is 11.1 Å². The van der Waals surface area contributed by atoms with Crippen molar-refractivity contribution in [2.24, 2.45) is 0 Å². The monoisotopic (exact) mass is 485 g/mol. The van der Waals surface area contributed by atoms with Crippen LogP contribution in [0.1, 0.15) is 83.7 Å². The summed E-state index contributed by atoms with van der Waals surface area (Å²) in [6.45, 7) is 7.36. The Morgan fingerprint density at radius 2 is 1.78 bits per heavy atom. The van der Waals surface area contributed by atoms with Gasteiger partial charge in [0.2, 0.25) is 5.88 Å². The minimum absolute atomic E-state index is 0.0431. The van der Waals surface area contributed by atoms with Crippen molar-refractivity contribution in [3.63, 3.8) is 0 Å². The molecule has 1 aliphatic carbocycles. The topological polar surface area (TPSA) is 68.7 Å². The van der Waals surface area contributed by atoms with Gasteiger partial charge in [-0.3, -0.25) is 4.79 Å². The first-order chi connectivity index (χ1) is 17.4. The van der Waals surface area contributed by atoms with E-state index in [0.29, 0.717) is 30.8 Å². The SMILES string of the molecule is Cc1cc(COc2cc3c(cn2)C(CC(=O)O)CO3)cc(-c2c(C)cc(C3CCCCC3)cc2C)c1. The number of hydrogen-bond donors (Lipinski definition) is 1. The molecule has 1 fully saturated rings. The van der Waals surface area contributed by atoms with Crippen LogP contribution in [0.2, 0.25) is 0 Å². The lowest BCUT2D eigenvalue weighted by molar-refractivity contribution is -0.137. The standard InChI is InChI=1S/C31H35NO4/c1-19-9-22(17-36-29-15-28-27(16-32-29)26(18-35-28)14-30(33)34)13-25(10-19)31-20(2)11-24(12-21(31)3)23-7-5-4-6-8-23/h9-13,15-16,23,26H,4-8,14,17-18H2,1-3H3,(H,33,34). The van der Waals surface area contributed by atoms with E-state index in [1.165, 1.54) is 65.5 Å². The summed E-state index contributed by atoms with van der Waals surface area (Å²) in [7, 11) is 0. The van der Waals surface area contributed by atoms with E-state index in [1.807, 2.05) is 0 Å². The van der Waals surface area contributed by atoms with Crippen LogP contribution in [0.3, 0.4) is 0 Å². The van der Waals surface area contributed by atoms with Gasteiger partial charge in [0.25, 0.3) is 0 Å². The molecule has 1 N–H and O–H groups in total. The van der Waals surface area contributed by atoms with Gasteiger partial charge < -0.3 is 14.6 Å². The maximum absolute atomic E-state index is 11.1. The first-order valence-corrected chi connectivity index (χ1v) is 13.1. The number of rotatable bonds is 7. The Hall–Kier alpha value is -3.34. The number of pyridine rings is 1. The second kappa shape index (κ2) is 10.3. The maximum Gasteiger partial charge on any atom is 0.304 e. The van der Waals surface area contributed by atoms with E-state index in [1.54, 1.807) is 12.3 Å². The highest BCUT2D eigenvalue weighted by molar-refractivity contribution is 5.72. The van der Waals surface area contributed by atoms with Gasteiger partial charge in [-0.25, -0.2) is 4.98 Å². The number of nitrogens with zero attached hydrogens (tertiary/aromatic N) is 1. The lowest BCUT2D eigenvalue weighted by atomic mass is 9.81. The minimum atomic E-state index is -0.832. The van der Waals surface area contributed by atoms with Gasteiger partial charge in [0, 0.05) is 23.7 Å². The average molecular weight is 486 g/mol. The Morgan fingerprint density at radius 1 is 1.03 bits per heavy atom. The van der Waals surface area contributed by atoms with Gasteiger partial charge in [0.05, 0.1) is 13.0 Å². The van der Waals surface area contributed by atoms with Crippen molar-refractivity contribution in [2.75, 3.05) is 6.61 Å². The molecule has 0 spiro atoms. The van der Waals surface area contributed by atoms with Crippen LogP contribution in [0.5, 0.6) is 11.6 Å². The van der Waals surface area contributed by atoms with Crippen molar-refractivity contribution in [1.29, 1.82) is 0 Å². The third kappa shape index (κ3) is 5.25. The number of aryl methyl sites for hydroxylation is 3. The van der Waals surface area contributed by atoms with Crippen LogP contribution >= 0.6 is 0 Å². The van der Waals surface area contributed by atoms with Crippen molar-refractivity contribution in [3.05, 3.63) is 76.0 Å². The zero-order chi connectivity index (χ0) is 25.2. The van der Waals surface area contributed by atoms with Crippen LogP contribution in [0.25, 0.3) is 11.1 Å². The second-order valence-corrected chi connectivity index (χ2v) is 10.5. The molecule has 1 saturated carbocycles. The van der Waals surface area contributed by atoms with Gasteiger partial charge in [-0.15, -0.1) is 0 Å². The number of carboxylic acids is 1. The summed E-state index contributed by atoms with van der Waals surface area (Å²) in [6.07, 6.45) is 8.42. The summed E-state index contributed by atoms with van der Waals surface area (Å²) < 4.78 is 11.7. The van der Waals surface area contributed by atoms with Gasteiger partial charge in [-0.05, 0) is 79.0 Å². The molecule has 1 aromatic heterocycles. The molecule has 3 aromatic rings. The van der Waals surface area contributed by atoms with E-state index in [2.05, 4.69) is 56.1 Å². The Balaban J connectivity index is 1.33. The van der Waals surface area contributed by atoms with Crippen LogP contribution in [-0.4, -0.2) is 22.7 Å². The van der Waals surface area contributed by atoms with Crippen LogP contribution in [-0.2, 0) is 11.4 Å². The van der Waals surface area contributed by atoms with Crippen molar-refractivity contribution in [1.82, 2.24) is 4.98 Å². The summed E-state index contributed by atoms with van der Waals surface area (Å²) >= 11 is 0. The van der Waals surface area contributed by atoms with Gasteiger partial charge >= 0.3 is 5.97 Å². The minimum Gasteiger partial charge on any atom is -0.492 e. The van der Waals surface area contributed by atoms with Crippen LogP contribution in [0.4, 0.5) is 0 Å². The molecule has 0 saturated heterocycles. The summed E-state index contributed by atoms with van der Waals surface area (Å²) in [5.41, 5.74) is 9.83. The summed E-state index contributed by atoms with van der Waals surface area (Å²) in [4.78, 5) is 15.5. The first-order valence-electron chi connectivity index (χ1n) is 13.1. The van der Waals surface area contributed by atoms with Crippen LogP contribution in [0, 0.1) is 20.8 Å². The quantitative estimate of drug-likeness (QED) is 0.382. The van der Waals surface area contributed by atoms with E-state index in [9.17, 15) is 4.79 Å². The Morgan fingerprint density at radius 3 is 2.50 bits per heavy atom. The molecule has 5 nitrogen and oxygen atoms in total. The molecule has 188 valence electrons. The number of fused-ring (bicyclic) bond motifs is 1. The van der Waals surface area contributed by atoms with E-state index in [4.69, 9.17) is 14.6 Å². The van der Waals surface area contributed by atoms with E-state index < -0.39 is 5.97 Å². The zero-order valence-corrected chi connectivity index (χ0v) is 21.5. The fourth-order valence-corrected chi connectivity index (χ4v) is 5.97. The smallest absolute Gasteiger partial charge is 0.304 e.